The number of likely N-dealkylation sites (tertiary alicyclic amines) is 1. The van der Waals surface area contributed by atoms with Crippen molar-refractivity contribution >= 4 is 23.4 Å². The first-order valence-electron chi connectivity index (χ1n) is 12.4. The highest BCUT2D eigenvalue weighted by Crippen LogP contribution is 2.57. The Bertz CT molecular complexity index is 1010. The maximum Gasteiger partial charge on any atom is 0.246 e. The van der Waals surface area contributed by atoms with Crippen molar-refractivity contribution in [1.82, 2.24) is 10.2 Å². The second-order valence-electron chi connectivity index (χ2n) is 10.4. The van der Waals surface area contributed by atoms with Crippen LogP contribution in [0.4, 0.5) is 5.69 Å². The average molecular weight is 450 g/mol. The summed E-state index contributed by atoms with van der Waals surface area (Å²) in [7, 11) is 0. The Morgan fingerprint density at radius 2 is 1.76 bits per heavy atom. The number of nitrogens with zero attached hydrogens (tertiary/aromatic N) is 1. The van der Waals surface area contributed by atoms with E-state index in [0.29, 0.717) is 5.69 Å². The average Bonchev–Trinajstić information content (AvgIpc) is 3.40. The molecule has 6 rings (SSSR count). The van der Waals surface area contributed by atoms with Crippen LogP contribution in [0.25, 0.3) is 0 Å². The van der Waals surface area contributed by atoms with Crippen molar-refractivity contribution in [1.29, 1.82) is 0 Å². The topological polar surface area (TPSA) is 87.7 Å². The Morgan fingerprint density at radius 1 is 1.03 bits per heavy atom. The van der Waals surface area contributed by atoms with Crippen LogP contribution >= 0.6 is 0 Å². The molecule has 2 aliphatic carbocycles. The van der Waals surface area contributed by atoms with Gasteiger partial charge in [-0.25, -0.2) is 0 Å². The van der Waals surface area contributed by atoms with Gasteiger partial charge in [0.2, 0.25) is 17.7 Å². The third-order valence-electron chi connectivity index (χ3n) is 8.07. The van der Waals surface area contributed by atoms with Gasteiger partial charge in [-0.2, -0.15) is 0 Å². The molecule has 7 heteroatoms. The van der Waals surface area contributed by atoms with Crippen LogP contribution in [0.15, 0.2) is 36.4 Å². The molecule has 3 amide bonds. The Labute approximate surface area is 193 Å². The monoisotopic (exact) mass is 449 g/mol. The highest BCUT2D eigenvalue weighted by atomic mass is 16.5. The van der Waals surface area contributed by atoms with Gasteiger partial charge in [0.1, 0.15) is 11.6 Å². The second kappa shape index (κ2) is 7.69. The van der Waals surface area contributed by atoms with E-state index in [-0.39, 0.29) is 29.8 Å². The minimum atomic E-state index is -1.06. The summed E-state index contributed by atoms with van der Waals surface area (Å²) in [6.45, 7) is 1.99. The predicted octanol–water partition coefficient (Wildman–Crippen LogP) is 2.70. The first kappa shape index (κ1) is 20.9. The van der Waals surface area contributed by atoms with Gasteiger partial charge in [-0.3, -0.25) is 14.4 Å². The van der Waals surface area contributed by atoms with Gasteiger partial charge in [0.15, 0.2) is 0 Å². The lowest BCUT2D eigenvalue weighted by atomic mass is 9.74. The molecule has 3 aliphatic heterocycles. The van der Waals surface area contributed by atoms with Crippen LogP contribution in [0.2, 0.25) is 0 Å². The van der Waals surface area contributed by atoms with Gasteiger partial charge < -0.3 is 20.3 Å². The summed E-state index contributed by atoms with van der Waals surface area (Å²) >= 11 is 0. The molecule has 5 atom stereocenters. The minimum Gasteiger partial charge on any atom is -0.359 e. The number of anilines is 1. The van der Waals surface area contributed by atoms with Crippen LogP contribution in [0.3, 0.4) is 0 Å². The second-order valence-corrected chi connectivity index (χ2v) is 10.4. The quantitative estimate of drug-likeness (QED) is 0.677. The van der Waals surface area contributed by atoms with Crippen molar-refractivity contribution in [2.75, 3.05) is 5.32 Å². The third-order valence-corrected chi connectivity index (χ3v) is 8.07. The van der Waals surface area contributed by atoms with E-state index in [9.17, 15) is 14.4 Å². The molecule has 7 nitrogen and oxygen atoms in total. The maximum absolute atomic E-state index is 13.7. The van der Waals surface area contributed by atoms with Gasteiger partial charge in [-0.05, 0) is 44.7 Å². The molecular formula is C26H31N3O4. The molecule has 33 heavy (non-hydrogen) atoms. The highest BCUT2D eigenvalue weighted by molar-refractivity contribution is 6.03. The van der Waals surface area contributed by atoms with E-state index < -0.39 is 29.6 Å². The van der Waals surface area contributed by atoms with Crippen molar-refractivity contribution < 1.29 is 19.1 Å². The smallest absolute Gasteiger partial charge is 0.246 e. The van der Waals surface area contributed by atoms with E-state index in [1.807, 2.05) is 43.3 Å². The van der Waals surface area contributed by atoms with Crippen molar-refractivity contribution in [2.24, 2.45) is 11.8 Å². The number of carbonyl (C=O) groups excluding carboxylic acids is 3. The van der Waals surface area contributed by atoms with E-state index in [1.165, 1.54) is 6.42 Å². The molecule has 0 unspecified atom stereocenters. The number of amides is 3. The molecule has 1 aromatic rings. The Hall–Kier alpha value is -2.67. The molecule has 0 aromatic heterocycles. The summed E-state index contributed by atoms with van der Waals surface area (Å²) < 4.78 is 6.38. The fourth-order valence-electron chi connectivity index (χ4n) is 6.34. The first-order chi connectivity index (χ1) is 16.0. The Kier molecular flexibility index (Phi) is 4.87. The summed E-state index contributed by atoms with van der Waals surface area (Å²) in [6, 6.07) is 7.12. The number of hydrogen-bond acceptors (Lipinski definition) is 4. The number of fused-ring (bicyclic) bond motifs is 1. The number of hydrogen-bond donors (Lipinski definition) is 2. The summed E-state index contributed by atoms with van der Waals surface area (Å²) in [5, 5.41) is 6.20. The number of ether oxygens (including phenoxy) is 1. The number of rotatable bonds is 5. The Morgan fingerprint density at radius 3 is 2.45 bits per heavy atom. The number of benzene rings is 1. The maximum atomic E-state index is 13.7. The molecule has 2 saturated heterocycles. The largest absolute Gasteiger partial charge is 0.359 e. The van der Waals surface area contributed by atoms with Crippen molar-refractivity contribution in [3.05, 3.63) is 42.0 Å². The van der Waals surface area contributed by atoms with E-state index in [1.54, 1.807) is 4.90 Å². The van der Waals surface area contributed by atoms with Gasteiger partial charge in [0.05, 0.1) is 17.9 Å². The predicted molar refractivity (Wildman–Crippen MR) is 122 cm³/mol. The molecular weight excluding hydrogens is 418 g/mol. The lowest BCUT2D eigenvalue weighted by molar-refractivity contribution is -0.142. The minimum absolute atomic E-state index is 0.0661. The highest BCUT2D eigenvalue weighted by Gasteiger charge is 2.74. The SMILES string of the molecule is Cc1ccc(NC(=O)[C@H]2[C@H]3C=C[C@@]4(O3)[C@H]2C(=O)N(C2CC2)[C@@H]4C(=O)NC2CCCCC2)cc1. The van der Waals surface area contributed by atoms with E-state index >= 15 is 0 Å². The standard InChI is InChI=1S/C26H31N3O4/c1-15-7-9-17(10-8-15)27-23(30)20-19-13-14-26(33-19)21(20)25(32)29(18-11-12-18)22(26)24(31)28-16-5-3-2-4-6-16/h7-10,13-14,16,18-22H,2-6,11-12H2,1H3,(H,27,30)(H,28,31)/t19-,20+,21-,22-,26-/m1/s1. The van der Waals surface area contributed by atoms with E-state index in [4.69, 9.17) is 4.74 Å². The third kappa shape index (κ3) is 3.31. The number of aryl methyl sites for hydroxylation is 1. The normalized spacial score (nSPS) is 35.1. The molecule has 4 fully saturated rings. The van der Waals surface area contributed by atoms with Gasteiger partial charge in [0.25, 0.3) is 0 Å². The molecule has 1 spiro atoms. The fraction of sp³-hybridized carbons (Fsp3) is 0.577. The van der Waals surface area contributed by atoms with Crippen molar-refractivity contribution in [3.63, 3.8) is 0 Å². The molecule has 1 aromatic carbocycles. The van der Waals surface area contributed by atoms with E-state index in [0.717, 1.165) is 44.1 Å². The molecule has 3 heterocycles. The summed E-state index contributed by atoms with van der Waals surface area (Å²) in [5.41, 5.74) is 0.747. The number of nitrogens with one attached hydrogen (secondary N) is 2. The van der Waals surface area contributed by atoms with Crippen LogP contribution in [0.5, 0.6) is 0 Å². The molecule has 2 bridgehead atoms. The van der Waals surface area contributed by atoms with Gasteiger partial charge >= 0.3 is 0 Å². The molecule has 2 saturated carbocycles. The zero-order chi connectivity index (χ0) is 22.7. The molecule has 2 N–H and O–H groups in total. The fourth-order valence-corrected chi connectivity index (χ4v) is 6.34. The molecule has 0 radical (unpaired) electrons. The Balaban J connectivity index is 1.29. The van der Waals surface area contributed by atoms with Crippen molar-refractivity contribution in [2.45, 2.75) is 81.7 Å². The zero-order valence-corrected chi connectivity index (χ0v) is 19.0. The van der Waals surface area contributed by atoms with Crippen LogP contribution in [0, 0.1) is 18.8 Å². The summed E-state index contributed by atoms with van der Waals surface area (Å²) in [4.78, 5) is 42.4. The van der Waals surface area contributed by atoms with E-state index in [2.05, 4.69) is 10.6 Å². The van der Waals surface area contributed by atoms with Crippen LogP contribution in [0.1, 0.15) is 50.5 Å². The molecule has 5 aliphatic rings. The zero-order valence-electron chi connectivity index (χ0n) is 19.0. The van der Waals surface area contributed by atoms with Crippen LogP contribution < -0.4 is 10.6 Å². The van der Waals surface area contributed by atoms with Gasteiger partial charge in [-0.15, -0.1) is 0 Å². The summed E-state index contributed by atoms with van der Waals surface area (Å²) in [6.07, 6.45) is 10.5. The number of carbonyl (C=O) groups is 3. The van der Waals surface area contributed by atoms with Crippen molar-refractivity contribution in [3.8, 4) is 0 Å². The first-order valence-corrected chi connectivity index (χ1v) is 12.4. The lowest BCUT2D eigenvalue weighted by Gasteiger charge is -2.34. The van der Waals surface area contributed by atoms with Gasteiger partial charge in [-0.1, -0.05) is 49.1 Å². The van der Waals surface area contributed by atoms with Crippen LogP contribution in [-0.2, 0) is 19.1 Å². The lowest BCUT2D eigenvalue weighted by Crippen LogP contribution is -2.57. The summed E-state index contributed by atoms with van der Waals surface area (Å²) in [5.74, 6) is -1.78. The molecule has 174 valence electrons. The van der Waals surface area contributed by atoms with Gasteiger partial charge in [0, 0.05) is 17.8 Å². The van der Waals surface area contributed by atoms with Crippen LogP contribution in [-0.4, -0.2) is 52.5 Å².